The second-order valence-electron chi connectivity index (χ2n) is 5.56. The van der Waals surface area contributed by atoms with Crippen LogP contribution in [0.5, 0.6) is 11.5 Å². The highest BCUT2D eigenvalue weighted by Gasteiger charge is 2.13. The average molecular weight is 357 g/mol. The summed E-state index contributed by atoms with van der Waals surface area (Å²) in [6.45, 7) is 2.63. The topological polar surface area (TPSA) is 89.6 Å². The van der Waals surface area contributed by atoms with Crippen molar-refractivity contribution in [3.8, 4) is 11.5 Å². The van der Waals surface area contributed by atoms with E-state index in [-0.39, 0.29) is 17.5 Å². The number of ether oxygens (including phenoxy) is 2. The summed E-state index contributed by atoms with van der Waals surface area (Å²) in [6.07, 6.45) is 3.32. The van der Waals surface area contributed by atoms with Crippen LogP contribution in [0.25, 0.3) is 0 Å². The first kappa shape index (κ1) is 19.2. The van der Waals surface area contributed by atoms with Gasteiger partial charge in [-0.15, -0.1) is 0 Å². The van der Waals surface area contributed by atoms with Gasteiger partial charge in [-0.25, -0.2) is 0 Å². The molecule has 0 spiro atoms. The Hall–Kier alpha value is -3.09. The van der Waals surface area contributed by atoms with Crippen LogP contribution in [0.3, 0.4) is 0 Å². The van der Waals surface area contributed by atoms with Crippen molar-refractivity contribution in [2.75, 3.05) is 26.1 Å². The number of carbonyl (C=O) groups is 2. The lowest BCUT2D eigenvalue weighted by Gasteiger charge is -2.11. The molecule has 0 aliphatic rings. The molecular weight excluding hydrogens is 334 g/mol. The first-order chi connectivity index (χ1) is 12.6. The summed E-state index contributed by atoms with van der Waals surface area (Å²) in [5, 5.41) is 5.55. The van der Waals surface area contributed by atoms with E-state index < -0.39 is 0 Å². The summed E-state index contributed by atoms with van der Waals surface area (Å²) < 4.78 is 10.4. The van der Waals surface area contributed by atoms with Gasteiger partial charge in [-0.05, 0) is 30.7 Å². The van der Waals surface area contributed by atoms with E-state index in [0.29, 0.717) is 29.3 Å². The number of methoxy groups -OCH3 is 2. The van der Waals surface area contributed by atoms with Crippen molar-refractivity contribution in [2.45, 2.75) is 19.8 Å². The zero-order valence-electron chi connectivity index (χ0n) is 15.2. The predicted molar refractivity (Wildman–Crippen MR) is 99.0 cm³/mol. The number of pyridine rings is 1. The first-order valence-electron chi connectivity index (χ1n) is 8.36. The van der Waals surface area contributed by atoms with Gasteiger partial charge in [0.05, 0.1) is 14.2 Å². The highest BCUT2D eigenvalue weighted by Crippen LogP contribution is 2.29. The Morgan fingerprint density at radius 2 is 1.81 bits per heavy atom. The van der Waals surface area contributed by atoms with Crippen molar-refractivity contribution in [2.24, 2.45) is 0 Å². The molecule has 0 saturated heterocycles. The Bertz CT molecular complexity index is 777. The molecule has 1 aromatic heterocycles. The summed E-state index contributed by atoms with van der Waals surface area (Å²) >= 11 is 0. The zero-order chi connectivity index (χ0) is 18.9. The van der Waals surface area contributed by atoms with Gasteiger partial charge in [0.15, 0.2) is 11.5 Å². The van der Waals surface area contributed by atoms with E-state index in [2.05, 4.69) is 15.6 Å². The maximum atomic E-state index is 12.5. The minimum atomic E-state index is -0.345. The zero-order valence-corrected chi connectivity index (χ0v) is 15.2. The van der Waals surface area contributed by atoms with Gasteiger partial charge in [0, 0.05) is 30.1 Å². The fourth-order valence-corrected chi connectivity index (χ4v) is 2.28. The fourth-order valence-electron chi connectivity index (χ4n) is 2.28. The molecule has 0 fully saturated rings. The van der Waals surface area contributed by atoms with Crippen LogP contribution in [0, 0.1) is 0 Å². The minimum Gasteiger partial charge on any atom is -0.493 e. The van der Waals surface area contributed by atoms with Crippen LogP contribution in [-0.4, -0.2) is 37.6 Å². The molecule has 0 aliphatic heterocycles. The van der Waals surface area contributed by atoms with Crippen molar-refractivity contribution in [3.63, 3.8) is 0 Å². The van der Waals surface area contributed by atoms with Gasteiger partial charge in [0.2, 0.25) is 0 Å². The van der Waals surface area contributed by atoms with Gasteiger partial charge < -0.3 is 20.1 Å². The van der Waals surface area contributed by atoms with Crippen molar-refractivity contribution in [1.82, 2.24) is 10.3 Å². The number of nitrogens with one attached hydrogen (secondary N) is 2. The van der Waals surface area contributed by atoms with Crippen LogP contribution in [0.2, 0.25) is 0 Å². The Morgan fingerprint density at radius 1 is 1.04 bits per heavy atom. The molecule has 2 N–H and O–H groups in total. The minimum absolute atomic E-state index is 0.209. The lowest BCUT2D eigenvalue weighted by atomic mass is 10.2. The second-order valence-corrected chi connectivity index (χ2v) is 5.56. The summed E-state index contributed by atoms with van der Waals surface area (Å²) in [5.41, 5.74) is 1.11. The van der Waals surface area contributed by atoms with Crippen molar-refractivity contribution < 1.29 is 19.1 Å². The molecule has 0 radical (unpaired) electrons. The summed E-state index contributed by atoms with van der Waals surface area (Å²) in [4.78, 5) is 28.6. The van der Waals surface area contributed by atoms with Gasteiger partial charge in [0.25, 0.3) is 11.8 Å². The smallest absolute Gasteiger partial charge is 0.269 e. The Kier molecular flexibility index (Phi) is 6.96. The number of anilines is 1. The number of hydrogen-bond acceptors (Lipinski definition) is 5. The molecule has 26 heavy (non-hydrogen) atoms. The lowest BCUT2D eigenvalue weighted by Crippen LogP contribution is -2.25. The standard InChI is InChI=1S/C19H23N3O4/c1-4-5-9-21-19(24)15-11-13(8-10-20-15)18(23)22-14-6-7-16(25-2)17(12-14)26-3/h6-8,10-12H,4-5,9H2,1-3H3,(H,21,24)(H,22,23). The number of amides is 2. The molecule has 0 unspecified atom stereocenters. The van der Waals surface area contributed by atoms with E-state index in [0.717, 1.165) is 12.8 Å². The molecule has 138 valence electrons. The summed E-state index contributed by atoms with van der Waals surface area (Å²) in [7, 11) is 3.07. The molecule has 0 aliphatic carbocycles. The van der Waals surface area contributed by atoms with Gasteiger partial charge in [0.1, 0.15) is 5.69 Å². The molecule has 1 heterocycles. The maximum Gasteiger partial charge on any atom is 0.269 e. The maximum absolute atomic E-state index is 12.5. The van der Waals surface area contributed by atoms with Gasteiger partial charge >= 0.3 is 0 Å². The molecule has 1 aromatic carbocycles. The normalized spacial score (nSPS) is 10.1. The second kappa shape index (κ2) is 9.41. The molecule has 2 amide bonds. The van der Waals surface area contributed by atoms with Crippen molar-refractivity contribution >= 4 is 17.5 Å². The third-order valence-corrected chi connectivity index (χ3v) is 3.71. The van der Waals surface area contributed by atoms with E-state index in [1.165, 1.54) is 19.4 Å². The molecule has 7 nitrogen and oxygen atoms in total. The molecule has 7 heteroatoms. The van der Waals surface area contributed by atoms with E-state index in [1.807, 2.05) is 6.92 Å². The molecule has 2 rings (SSSR count). The van der Waals surface area contributed by atoms with E-state index >= 15 is 0 Å². The Balaban J connectivity index is 2.10. The van der Waals surface area contributed by atoms with Gasteiger partial charge in [-0.3, -0.25) is 14.6 Å². The Morgan fingerprint density at radius 3 is 2.50 bits per heavy atom. The van der Waals surface area contributed by atoms with E-state index in [4.69, 9.17) is 9.47 Å². The SMILES string of the molecule is CCCCNC(=O)c1cc(C(=O)Nc2ccc(OC)c(OC)c2)ccn1. The molecule has 2 aromatic rings. The molecule has 0 saturated carbocycles. The van der Waals surface area contributed by atoms with Crippen LogP contribution in [-0.2, 0) is 0 Å². The van der Waals surface area contributed by atoms with Gasteiger partial charge in [-0.2, -0.15) is 0 Å². The number of hydrogen-bond donors (Lipinski definition) is 2. The number of carbonyl (C=O) groups excluding carboxylic acids is 2. The third kappa shape index (κ3) is 4.95. The number of unbranched alkanes of at least 4 members (excludes halogenated alkanes) is 1. The summed E-state index contributed by atoms with van der Waals surface area (Å²) in [5.74, 6) is 0.443. The van der Waals surface area contributed by atoms with Crippen LogP contribution < -0.4 is 20.1 Å². The van der Waals surface area contributed by atoms with E-state index in [9.17, 15) is 9.59 Å². The number of nitrogens with zero attached hydrogens (tertiary/aromatic N) is 1. The Labute approximate surface area is 152 Å². The van der Waals surface area contributed by atoms with Crippen LogP contribution in [0.4, 0.5) is 5.69 Å². The molecular formula is C19H23N3O4. The number of benzene rings is 1. The van der Waals surface area contributed by atoms with E-state index in [1.54, 1.807) is 31.4 Å². The third-order valence-electron chi connectivity index (χ3n) is 3.71. The average Bonchev–Trinajstić information content (AvgIpc) is 2.68. The molecule has 0 atom stereocenters. The highest BCUT2D eigenvalue weighted by atomic mass is 16.5. The largest absolute Gasteiger partial charge is 0.493 e. The van der Waals surface area contributed by atoms with Crippen LogP contribution in [0.1, 0.15) is 40.6 Å². The predicted octanol–water partition coefficient (Wildman–Crippen LogP) is 2.88. The monoisotopic (exact) mass is 357 g/mol. The summed E-state index contributed by atoms with van der Waals surface area (Å²) in [6, 6.07) is 8.10. The van der Waals surface area contributed by atoms with Crippen LogP contribution >= 0.6 is 0 Å². The quantitative estimate of drug-likeness (QED) is 0.709. The number of aromatic nitrogens is 1. The fraction of sp³-hybridized carbons (Fsp3) is 0.316. The van der Waals surface area contributed by atoms with Gasteiger partial charge in [-0.1, -0.05) is 13.3 Å². The first-order valence-corrected chi connectivity index (χ1v) is 8.36. The van der Waals surface area contributed by atoms with Crippen molar-refractivity contribution in [3.05, 3.63) is 47.8 Å². The lowest BCUT2D eigenvalue weighted by molar-refractivity contribution is 0.0948. The van der Waals surface area contributed by atoms with Crippen molar-refractivity contribution in [1.29, 1.82) is 0 Å². The van der Waals surface area contributed by atoms with Crippen LogP contribution in [0.15, 0.2) is 36.5 Å². The number of rotatable bonds is 8. The molecule has 0 bridgehead atoms. The highest BCUT2D eigenvalue weighted by molar-refractivity contribution is 6.05.